The smallest absolute Gasteiger partial charge is 0.282 e. The zero-order chi connectivity index (χ0) is 15.0. The average molecular weight is 299 g/mol. The van der Waals surface area contributed by atoms with E-state index in [0.29, 0.717) is 11.6 Å². The first-order chi connectivity index (χ1) is 10.1. The predicted molar refractivity (Wildman–Crippen MR) is 83.0 cm³/mol. The fourth-order valence-corrected chi connectivity index (χ4v) is 2.48. The maximum absolute atomic E-state index is 12.1. The highest BCUT2D eigenvalue weighted by Crippen LogP contribution is 2.24. The van der Waals surface area contributed by atoms with Gasteiger partial charge in [0.25, 0.3) is 5.91 Å². The first kappa shape index (κ1) is 13.6. The summed E-state index contributed by atoms with van der Waals surface area (Å²) in [5, 5.41) is 9.38. The first-order valence-electron chi connectivity index (χ1n) is 6.32. The van der Waals surface area contributed by atoms with Crippen LogP contribution in [0.2, 0.25) is 0 Å². The van der Waals surface area contributed by atoms with Crippen LogP contribution in [-0.4, -0.2) is 28.9 Å². The van der Waals surface area contributed by atoms with Gasteiger partial charge in [-0.3, -0.25) is 10.2 Å². The second-order valence-electron chi connectivity index (χ2n) is 4.60. The summed E-state index contributed by atoms with van der Waals surface area (Å²) in [6.45, 7) is 1.75. The Morgan fingerprint density at radius 2 is 2.05 bits per heavy atom. The van der Waals surface area contributed by atoms with Crippen molar-refractivity contribution in [2.24, 2.45) is 4.99 Å². The van der Waals surface area contributed by atoms with E-state index in [1.165, 1.54) is 5.06 Å². The van der Waals surface area contributed by atoms with E-state index in [9.17, 15) is 4.79 Å². The summed E-state index contributed by atoms with van der Waals surface area (Å²) in [5.74, 6) is 0.552. The van der Waals surface area contributed by atoms with Gasteiger partial charge in [0.05, 0.1) is 5.57 Å². The van der Waals surface area contributed by atoms with E-state index in [0.717, 1.165) is 10.5 Å². The van der Waals surface area contributed by atoms with E-state index in [1.54, 1.807) is 30.8 Å². The number of amidine groups is 2. The highest BCUT2D eigenvalue weighted by Gasteiger charge is 2.34. The molecule has 21 heavy (non-hydrogen) atoms. The SMILES string of the molecule is CSc1ccc(/C=C2\C(=N)N3OC(C)=CC3=NC2=O)cc1. The van der Waals surface area contributed by atoms with Crippen molar-refractivity contribution in [2.75, 3.05) is 6.26 Å². The lowest BCUT2D eigenvalue weighted by Crippen LogP contribution is -2.38. The van der Waals surface area contributed by atoms with E-state index in [4.69, 9.17) is 10.2 Å². The van der Waals surface area contributed by atoms with Crippen molar-refractivity contribution in [3.05, 3.63) is 47.2 Å². The van der Waals surface area contributed by atoms with Crippen molar-refractivity contribution in [2.45, 2.75) is 11.8 Å². The second kappa shape index (κ2) is 5.21. The number of nitrogens with one attached hydrogen (secondary N) is 1. The van der Waals surface area contributed by atoms with Gasteiger partial charge in [-0.15, -0.1) is 16.8 Å². The molecule has 0 atom stereocenters. The standard InChI is InChI=1S/C15H13N3O2S/c1-9-7-13-17-15(19)12(14(16)18(13)20-9)8-10-3-5-11(21-2)6-4-10/h3-8,16H,1-2H3/b12-8+,16-14?. The lowest BCUT2D eigenvalue weighted by molar-refractivity contribution is -0.114. The third-order valence-electron chi connectivity index (χ3n) is 3.11. The number of nitrogens with zero attached hydrogens (tertiary/aromatic N) is 2. The van der Waals surface area contributed by atoms with Crippen LogP contribution in [0, 0.1) is 5.41 Å². The maximum Gasteiger partial charge on any atom is 0.282 e. The molecule has 2 heterocycles. The van der Waals surface area contributed by atoms with Crippen LogP contribution in [0.3, 0.4) is 0 Å². The zero-order valence-corrected chi connectivity index (χ0v) is 12.4. The summed E-state index contributed by atoms with van der Waals surface area (Å²) in [6, 6.07) is 7.77. The van der Waals surface area contributed by atoms with E-state index < -0.39 is 5.91 Å². The number of hydroxylamine groups is 2. The molecule has 0 saturated heterocycles. The van der Waals surface area contributed by atoms with E-state index in [1.807, 2.05) is 30.5 Å². The lowest BCUT2D eigenvalue weighted by Gasteiger charge is -2.22. The van der Waals surface area contributed by atoms with Crippen LogP contribution in [0.5, 0.6) is 0 Å². The number of allylic oxidation sites excluding steroid dienone is 1. The van der Waals surface area contributed by atoms with Crippen molar-refractivity contribution in [1.82, 2.24) is 5.06 Å². The Hall–Kier alpha value is -2.34. The van der Waals surface area contributed by atoms with Crippen molar-refractivity contribution < 1.29 is 9.63 Å². The molecule has 5 nitrogen and oxygen atoms in total. The van der Waals surface area contributed by atoms with Gasteiger partial charge < -0.3 is 4.84 Å². The van der Waals surface area contributed by atoms with Crippen LogP contribution in [0.1, 0.15) is 12.5 Å². The Balaban J connectivity index is 1.94. The highest BCUT2D eigenvalue weighted by atomic mass is 32.2. The Bertz CT molecular complexity index is 717. The normalized spacial score (nSPS) is 19.3. The minimum atomic E-state index is -0.422. The largest absolute Gasteiger partial charge is 0.376 e. The van der Waals surface area contributed by atoms with Crippen molar-refractivity contribution in [3.8, 4) is 0 Å². The summed E-state index contributed by atoms with van der Waals surface area (Å²) >= 11 is 1.65. The fourth-order valence-electron chi connectivity index (χ4n) is 2.07. The molecule has 1 aromatic carbocycles. The summed E-state index contributed by atoms with van der Waals surface area (Å²) < 4.78 is 0. The van der Waals surface area contributed by atoms with Crippen LogP contribution >= 0.6 is 11.8 Å². The van der Waals surface area contributed by atoms with E-state index in [2.05, 4.69) is 4.99 Å². The van der Waals surface area contributed by atoms with Gasteiger partial charge in [-0.25, -0.2) is 0 Å². The third-order valence-corrected chi connectivity index (χ3v) is 3.85. The third kappa shape index (κ3) is 2.50. The molecular weight excluding hydrogens is 286 g/mol. The zero-order valence-electron chi connectivity index (χ0n) is 11.6. The molecule has 0 spiro atoms. The van der Waals surface area contributed by atoms with E-state index in [-0.39, 0.29) is 11.4 Å². The molecule has 0 fully saturated rings. The molecule has 1 N–H and O–H groups in total. The van der Waals surface area contributed by atoms with Crippen molar-refractivity contribution in [3.63, 3.8) is 0 Å². The monoisotopic (exact) mass is 299 g/mol. The number of hydrogen-bond donors (Lipinski definition) is 1. The van der Waals surface area contributed by atoms with Crippen molar-refractivity contribution in [1.29, 1.82) is 5.41 Å². The number of benzene rings is 1. The molecule has 0 aromatic heterocycles. The minimum absolute atomic E-state index is 0.00652. The molecule has 0 aliphatic carbocycles. The summed E-state index contributed by atoms with van der Waals surface area (Å²) in [7, 11) is 0. The number of hydrogen-bond acceptors (Lipinski definition) is 4. The topological polar surface area (TPSA) is 65.8 Å². The number of aliphatic imine (C=N–C) groups is 1. The second-order valence-corrected chi connectivity index (χ2v) is 5.48. The number of rotatable bonds is 2. The molecule has 106 valence electrons. The van der Waals surface area contributed by atoms with Gasteiger partial charge in [0, 0.05) is 11.0 Å². The van der Waals surface area contributed by atoms with Crippen LogP contribution in [0.15, 0.2) is 51.6 Å². The molecule has 6 heteroatoms. The Morgan fingerprint density at radius 1 is 1.33 bits per heavy atom. The molecule has 0 saturated carbocycles. The Kier molecular flexibility index (Phi) is 3.39. The molecule has 0 bridgehead atoms. The average Bonchev–Trinajstić information content (AvgIpc) is 2.85. The van der Waals surface area contributed by atoms with Gasteiger partial charge in [-0.2, -0.15) is 4.99 Å². The quantitative estimate of drug-likeness (QED) is 0.673. The highest BCUT2D eigenvalue weighted by molar-refractivity contribution is 7.98. The Morgan fingerprint density at radius 3 is 2.71 bits per heavy atom. The van der Waals surface area contributed by atoms with Crippen molar-refractivity contribution >= 4 is 35.4 Å². The van der Waals surface area contributed by atoms with Crippen LogP contribution in [0.25, 0.3) is 6.08 Å². The lowest BCUT2D eigenvalue weighted by atomic mass is 10.1. The number of fused-ring (bicyclic) bond motifs is 1. The van der Waals surface area contributed by atoms with Gasteiger partial charge in [0.15, 0.2) is 11.7 Å². The molecular formula is C15H13N3O2S. The van der Waals surface area contributed by atoms with Gasteiger partial charge in [0.1, 0.15) is 5.76 Å². The number of carbonyl (C=O) groups is 1. The molecule has 3 rings (SSSR count). The minimum Gasteiger partial charge on any atom is -0.376 e. The molecule has 0 radical (unpaired) electrons. The van der Waals surface area contributed by atoms with Gasteiger partial charge in [-0.1, -0.05) is 12.1 Å². The van der Waals surface area contributed by atoms with Gasteiger partial charge >= 0.3 is 0 Å². The molecule has 1 amide bonds. The summed E-state index contributed by atoms with van der Waals surface area (Å²) in [6.07, 6.45) is 5.30. The molecule has 0 unspecified atom stereocenters. The Labute approximate surface area is 126 Å². The number of thioether (sulfide) groups is 1. The van der Waals surface area contributed by atoms with E-state index >= 15 is 0 Å². The first-order valence-corrected chi connectivity index (χ1v) is 7.55. The number of amides is 1. The van der Waals surface area contributed by atoms with Crippen LogP contribution in [0.4, 0.5) is 0 Å². The van der Waals surface area contributed by atoms with Crippen LogP contribution < -0.4 is 0 Å². The number of carbonyl (C=O) groups excluding carboxylic acids is 1. The van der Waals surface area contributed by atoms with Crippen LogP contribution in [-0.2, 0) is 9.63 Å². The maximum atomic E-state index is 12.1. The molecule has 2 aliphatic heterocycles. The van der Waals surface area contributed by atoms with Gasteiger partial charge in [0.2, 0.25) is 0 Å². The predicted octanol–water partition coefficient (Wildman–Crippen LogP) is 2.86. The fraction of sp³-hybridized carbons (Fsp3) is 0.133. The summed E-state index contributed by atoms with van der Waals surface area (Å²) in [4.78, 5) is 22.5. The molecule has 1 aromatic rings. The van der Waals surface area contributed by atoms with Gasteiger partial charge in [-0.05, 0) is 37.0 Å². The molecule has 2 aliphatic rings. The summed E-state index contributed by atoms with van der Waals surface area (Å²) in [5.41, 5.74) is 1.07.